The van der Waals surface area contributed by atoms with E-state index in [1.807, 2.05) is 12.1 Å². The molecule has 0 aliphatic heterocycles. The van der Waals surface area contributed by atoms with Crippen molar-refractivity contribution in [2.75, 3.05) is 12.4 Å². The van der Waals surface area contributed by atoms with Crippen molar-refractivity contribution < 1.29 is 9.53 Å². The Balaban J connectivity index is 1.86. The van der Waals surface area contributed by atoms with Crippen LogP contribution >= 0.6 is 23.2 Å². The van der Waals surface area contributed by atoms with Gasteiger partial charge in [-0.15, -0.1) is 0 Å². The first kappa shape index (κ1) is 20.6. The highest BCUT2D eigenvalue weighted by molar-refractivity contribution is 6.31. The molecule has 0 aliphatic rings. The van der Waals surface area contributed by atoms with Gasteiger partial charge in [0.2, 0.25) is 5.96 Å². The van der Waals surface area contributed by atoms with Gasteiger partial charge in [0.05, 0.1) is 19.3 Å². The number of amides is 1. The molecule has 0 saturated carbocycles. The number of pyridine rings is 1. The predicted molar refractivity (Wildman–Crippen MR) is 116 cm³/mol. The summed E-state index contributed by atoms with van der Waals surface area (Å²) in [4.78, 5) is 21.1. The Morgan fingerprint density at radius 3 is 2.41 bits per heavy atom. The van der Waals surface area contributed by atoms with Crippen LogP contribution in [0, 0.1) is 0 Å². The second-order valence-electron chi connectivity index (χ2n) is 5.95. The Morgan fingerprint density at radius 2 is 1.72 bits per heavy atom. The highest BCUT2D eigenvalue weighted by Crippen LogP contribution is 2.27. The topological polar surface area (TPSA) is 75.6 Å². The number of guanidine groups is 1. The van der Waals surface area contributed by atoms with Crippen LogP contribution in [0.2, 0.25) is 10.0 Å². The van der Waals surface area contributed by atoms with Gasteiger partial charge < -0.3 is 10.1 Å². The number of halogens is 2. The van der Waals surface area contributed by atoms with Gasteiger partial charge in [-0.25, -0.2) is 4.99 Å². The van der Waals surface area contributed by atoms with Gasteiger partial charge in [-0.1, -0.05) is 23.2 Å². The third kappa shape index (κ3) is 5.94. The van der Waals surface area contributed by atoms with Crippen LogP contribution in [0.25, 0.3) is 0 Å². The van der Waals surface area contributed by atoms with Gasteiger partial charge in [0.1, 0.15) is 5.75 Å². The summed E-state index contributed by atoms with van der Waals surface area (Å²) in [5, 5.41) is 6.94. The standard InChI is InChI=1S/C21H18Cl2N4O2/c1-29-19-7-6-17(23)12-18(19)26-21(25-13-14-8-10-24-11-9-14)27-20(28)15-2-4-16(22)5-3-15/h2-12H,13H2,1H3,(H2,25,26,27,28). The largest absolute Gasteiger partial charge is 0.495 e. The summed E-state index contributed by atoms with van der Waals surface area (Å²) in [7, 11) is 1.55. The number of carbonyl (C=O) groups excluding carboxylic acids is 1. The average molecular weight is 429 g/mol. The maximum atomic E-state index is 12.6. The van der Waals surface area contributed by atoms with Crippen molar-refractivity contribution in [2.45, 2.75) is 6.54 Å². The molecule has 6 nitrogen and oxygen atoms in total. The second kappa shape index (κ2) is 9.91. The molecule has 2 N–H and O–H groups in total. The lowest BCUT2D eigenvalue weighted by atomic mass is 10.2. The summed E-state index contributed by atoms with van der Waals surface area (Å²) in [6.45, 7) is 0.342. The molecule has 0 aliphatic carbocycles. The van der Waals surface area contributed by atoms with Gasteiger partial charge in [0, 0.05) is 28.0 Å². The Labute approximate surface area is 178 Å². The highest BCUT2D eigenvalue weighted by atomic mass is 35.5. The molecule has 0 saturated heterocycles. The Morgan fingerprint density at radius 1 is 1.03 bits per heavy atom. The van der Waals surface area contributed by atoms with Crippen molar-refractivity contribution in [3.05, 3.63) is 88.2 Å². The molecular weight excluding hydrogens is 411 g/mol. The number of ether oxygens (including phenoxy) is 1. The molecular formula is C21H18Cl2N4O2. The lowest BCUT2D eigenvalue weighted by Crippen LogP contribution is -2.36. The maximum Gasteiger partial charge on any atom is 0.257 e. The van der Waals surface area contributed by atoms with Gasteiger partial charge in [-0.2, -0.15) is 0 Å². The van der Waals surface area contributed by atoms with Crippen LogP contribution < -0.4 is 15.4 Å². The van der Waals surface area contributed by atoms with Gasteiger partial charge in [-0.05, 0) is 60.2 Å². The van der Waals surface area contributed by atoms with Crippen LogP contribution in [0.1, 0.15) is 15.9 Å². The van der Waals surface area contributed by atoms with Crippen molar-refractivity contribution in [3.63, 3.8) is 0 Å². The van der Waals surface area contributed by atoms with Gasteiger partial charge in [0.25, 0.3) is 5.91 Å². The molecule has 0 spiro atoms. The minimum atomic E-state index is -0.330. The fourth-order valence-corrected chi connectivity index (χ4v) is 2.75. The summed E-state index contributed by atoms with van der Waals surface area (Å²) in [6.07, 6.45) is 3.37. The van der Waals surface area contributed by atoms with E-state index in [9.17, 15) is 4.79 Å². The molecule has 3 aromatic rings. The second-order valence-corrected chi connectivity index (χ2v) is 6.82. The summed E-state index contributed by atoms with van der Waals surface area (Å²) in [5.41, 5.74) is 1.97. The van der Waals surface area contributed by atoms with E-state index in [0.717, 1.165) is 5.56 Å². The fourth-order valence-electron chi connectivity index (χ4n) is 2.46. The zero-order valence-corrected chi connectivity index (χ0v) is 17.0. The van der Waals surface area contributed by atoms with Gasteiger partial charge in [0.15, 0.2) is 0 Å². The number of nitrogens with one attached hydrogen (secondary N) is 2. The summed E-state index contributed by atoms with van der Waals surface area (Å²) in [5.74, 6) is 0.484. The summed E-state index contributed by atoms with van der Waals surface area (Å²) in [6, 6.07) is 15.4. The lowest BCUT2D eigenvalue weighted by molar-refractivity contribution is 0.0977. The molecule has 8 heteroatoms. The average Bonchev–Trinajstić information content (AvgIpc) is 2.73. The quantitative estimate of drug-likeness (QED) is 0.452. The molecule has 148 valence electrons. The molecule has 0 bridgehead atoms. The number of nitrogens with zero attached hydrogens (tertiary/aromatic N) is 2. The number of benzene rings is 2. The van der Waals surface area contributed by atoms with Crippen molar-refractivity contribution in [3.8, 4) is 5.75 Å². The van der Waals surface area contributed by atoms with Crippen LogP contribution in [-0.2, 0) is 6.54 Å². The number of methoxy groups -OCH3 is 1. The number of carbonyl (C=O) groups is 1. The van der Waals surface area contributed by atoms with E-state index in [0.29, 0.717) is 33.6 Å². The maximum absolute atomic E-state index is 12.6. The van der Waals surface area contributed by atoms with Crippen LogP contribution in [0.5, 0.6) is 5.75 Å². The molecule has 29 heavy (non-hydrogen) atoms. The van der Waals surface area contributed by atoms with Crippen molar-refractivity contribution >= 4 is 40.8 Å². The van der Waals surface area contributed by atoms with E-state index in [4.69, 9.17) is 27.9 Å². The molecule has 0 atom stereocenters. The van der Waals surface area contributed by atoms with E-state index < -0.39 is 0 Å². The van der Waals surface area contributed by atoms with Gasteiger partial charge in [-0.3, -0.25) is 15.1 Å². The number of rotatable bonds is 5. The zero-order valence-electron chi connectivity index (χ0n) is 15.5. The van der Waals surface area contributed by atoms with E-state index in [-0.39, 0.29) is 11.9 Å². The number of hydrogen-bond donors (Lipinski definition) is 2. The molecule has 0 fully saturated rings. The summed E-state index contributed by atoms with van der Waals surface area (Å²) < 4.78 is 5.36. The van der Waals surface area contributed by atoms with Crippen molar-refractivity contribution in [1.82, 2.24) is 10.3 Å². The molecule has 1 aromatic heterocycles. The molecule has 1 heterocycles. The zero-order chi connectivity index (χ0) is 20.6. The molecule has 0 radical (unpaired) electrons. The Kier molecular flexibility index (Phi) is 7.05. The van der Waals surface area contributed by atoms with E-state index in [2.05, 4.69) is 20.6 Å². The predicted octanol–water partition coefficient (Wildman–Crippen LogP) is 4.80. The van der Waals surface area contributed by atoms with Crippen LogP contribution in [0.3, 0.4) is 0 Å². The minimum Gasteiger partial charge on any atom is -0.495 e. The van der Waals surface area contributed by atoms with Crippen molar-refractivity contribution in [1.29, 1.82) is 0 Å². The fraction of sp³-hybridized carbons (Fsp3) is 0.0952. The van der Waals surface area contributed by atoms with Gasteiger partial charge >= 0.3 is 0 Å². The van der Waals surface area contributed by atoms with E-state index in [1.165, 1.54) is 0 Å². The normalized spacial score (nSPS) is 11.1. The van der Waals surface area contributed by atoms with Crippen LogP contribution in [0.15, 0.2) is 72.0 Å². The lowest BCUT2D eigenvalue weighted by Gasteiger charge is -2.15. The van der Waals surface area contributed by atoms with Crippen LogP contribution in [0.4, 0.5) is 5.69 Å². The third-order valence-corrected chi connectivity index (χ3v) is 4.41. The molecule has 2 aromatic carbocycles. The monoisotopic (exact) mass is 428 g/mol. The smallest absolute Gasteiger partial charge is 0.257 e. The Hall–Kier alpha value is -3.09. The highest BCUT2D eigenvalue weighted by Gasteiger charge is 2.12. The minimum absolute atomic E-state index is 0.252. The number of aliphatic imine (C=N–C) groups is 1. The number of aromatic nitrogens is 1. The molecule has 0 unspecified atom stereocenters. The first-order valence-electron chi connectivity index (χ1n) is 8.66. The summed E-state index contributed by atoms with van der Waals surface area (Å²) >= 11 is 12.0. The Bertz CT molecular complexity index is 1010. The SMILES string of the molecule is COc1ccc(Cl)cc1NC(=NCc1ccncc1)NC(=O)c1ccc(Cl)cc1. The van der Waals surface area contributed by atoms with E-state index in [1.54, 1.807) is 62.0 Å². The number of anilines is 1. The van der Waals surface area contributed by atoms with Crippen molar-refractivity contribution in [2.24, 2.45) is 4.99 Å². The molecule has 1 amide bonds. The van der Waals surface area contributed by atoms with E-state index >= 15 is 0 Å². The third-order valence-electron chi connectivity index (χ3n) is 3.92. The first-order valence-corrected chi connectivity index (χ1v) is 9.41. The number of hydrogen-bond acceptors (Lipinski definition) is 4. The first-order chi connectivity index (χ1) is 14.0. The van der Waals surface area contributed by atoms with Crippen LogP contribution in [-0.4, -0.2) is 24.0 Å². The molecule has 3 rings (SSSR count).